The quantitative estimate of drug-likeness (QED) is 0.265. The fourth-order valence-electron chi connectivity index (χ4n) is 3.33. The number of carbonyl (C=O) groups excluding carboxylic acids is 1. The van der Waals surface area contributed by atoms with E-state index < -0.39 is 4.92 Å². The van der Waals surface area contributed by atoms with E-state index in [4.69, 9.17) is 9.47 Å². The van der Waals surface area contributed by atoms with Gasteiger partial charge in [0.15, 0.2) is 5.50 Å². The monoisotopic (exact) mass is 477 g/mol. The van der Waals surface area contributed by atoms with Gasteiger partial charge in [-0.05, 0) is 66.1 Å². The zero-order valence-electron chi connectivity index (χ0n) is 18.6. The maximum atomic E-state index is 12.5. The number of hydrogen-bond acceptors (Lipinski definition) is 7. The third kappa shape index (κ3) is 5.68. The molecule has 0 aliphatic carbocycles. The number of thioether (sulfide) groups is 1. The molecule has 0 bridgehead atoms. The van der Waals surface area contributed by atoms with Gasteiger partial charge >= 0.3 is 0 Å². The van der Waals surface area contributed by atoms with Gasteiger partial charge in [0, 0.05) is 12.1 Å². The lowest BCUT2D eigenvalue weighted by atomic mass is 10.2. The summed E-state index contributed by atoms with van der Waals surface area (Å²) in [6.45, 7) is 2.29. The number of aryl methyl sites for hydroxylation is 1. The molecule has 2 N–H and O–H groups in total. The minimum absolute atomic E-state index is 0.0467. The lowest BCUT2D eigenvalue weighted by molar-refractivity contribution is -0.384. The molecular formula is C25H23N3O5S. The summed E-state index contributed by atoms with van der Waals surface area (Å²) in [5.41, 5.74) is 3.35. The first-order valence-electron chi connectivity index (χ1n) is 10.5. The molecule has 3 aromatic rings. The molecule has 1 heterocycles. The Hall–Kier alpha value is -3.98. The fraction of sp³-hybridized carbons (Fsp3) is 0.160. The highest BCUT2D eigenvalue weighted by molar-refractivity contribution is 8.05. The van der Waals surface area contributed by atoms with E-state index in [9.17, 15) is 14.9 Å². The number of benzene rings is 3. The minimum Gasteiger partial charge on any atom is -0.495 e. The third-order valence-electron chi connectivity index (χ3n) is 5.10. The Kier molecular flexibility index (Phi) is 7.03. The molecular weight excluding hydrogens is 454 g/mol. The molecule has 0 spiro atoms. The Morgan fingerprint density at radius 3 is 2.53 bits per heavy atom. The number of nitro groups is 1. The second kappa shape index (κ2) is 10.3. The van der Waals surface area contributed by atoms with Crippen molar-refractivity contribution in [2.45, 2.75) is 19.0 Å². The van der Waals surface area contributed by atoms with Crippen LogP contribution in [0.25, 0.3) is 6.08 Å². The molecule has 8 nitrogen and oxygen atoms in total. The number of nitrogens with zero attached hydrogens (tertiary/aromatic N) is 1. The predicted octanol–water partition coefficient (Wildman–Crippen LogP) is 5.09. The van der Waals surface area contributed by atoms with E-state index in [1.165, 1.54) is 23.9 Å². The topological polar surface area (TPSA) is 103 Å². The Morgan fingerprint density at radius 1 is 1.12 bits per heavy atom. The number of ether oxygens (including phenoxy) is 2. The van der Waals surface area contributed by atoms with Crippen molar-refractivity contribution in [3.8, 4) is 11.5 Å². The molecule has 1 amide bonds. The first-order chi connectivity index (χ1) is 16.4. The molecule has 174 valence electrons. The second-order valence-corrected chi connectivity index (χ2v) is 8.76. The summed E-state index contributed by atoms with van der Waals surface area (Å²) >= 11 is 1.40. The van der Waals surface area contributed by atoms with E-state index in [1.54, 1.807) is 19.2 Å². The average Bonchev–Trinajstić information content (AvgIpc) is 3.17. The van der Waals surface area contributed by atoms with Gasteiger partial charge in [0.25, 0.3) is 11.6 Å². The molecule has 1 unspecified atom stereocenters. The summed E-state index contributed by atoms with van der Waals surface area (Å²) in [5, 5.41) is 17.0. The van der Waals surface area contributed by atoms with Crippen LogP contribution in [0.3, 0.4) is 0 Å². The molecule has 9 heteroatoms. The van der Waals surface area contributed by atoms with Crippen molar-refractivity contribution in [1.29, 1.82) is 0 Å². The summed E-state index contributed by atoms with van der Waals surface area (Å²) in [5.74, 6) is 1.23. The van der Waals surface area contributed by atoms with Gasteiger partial charge < -0.3 is 20.1 Å². The molecule has 0 saturated carbocycles. The smallest absolute Gasteiger partial charge is 0.269 e. The normalized spacial score (nSPS) is 16.2. The van der Waals surface area contributed by atoms with Gasteiger partial charge in [-0.25, -0.2) is 0 Å². The van der Waals surface area contributed by atoms with E-state index in [-0.39, 0.29) is 17.1 Å². The molecule has 34 heavy (non-hydrogen) atoms. The Labute approximate surface area is 201 Å². The number of nitrogens with one attached hydrogen (secondary N) is 2. The van der Waals surface area contributed by atoms with Gasteiger partial charge in [0.1, 0.15) is 18.1 Å². The van der Waals surface area contributed by atoms with Crippen LogP contribution in [-0.4, -0.2) is 23.4 Å². The zero-order chi connectivity index (χ0) is 24.1. The van der Waals surface area contributed by atoms with Gasteiger partial charge in [0.2, 0.25) is 0 Å². The Bertz CT molecular complexity index is 1230. The highest BCUT2D eigenvalue weighted by Crippen LogP contribution is 2.33. The Morgan fingerprint density at radius 2 is 1.85 bits per heavy atom. The molecule has 1 aliphatic heterocycles. The van der Waals surface area contributed by atoms with Crippen molar-refractivity contribution in [1.82, 2.24) is 5.32 Å². The lowest BCUT2D eigenvalue weighted by Gasteiger charge is -2.16. The molecule has 1 atom stereocenters. The standard InChI is InChI=1S/C25H23N3O5S/c1-16-3-12-22(32-2)21(13-16)26-25-27-24(29)23(34-25)14-17-6-10-20(11-7-17)33-15-18-4-8-19(9-5-18)28(30)31/h3-14,25-26H,15H2,1-2H3,(H,27,29)/b23-14-. The second-order valence-electron chi connectivity index (χ2n) is 7.61. The molecule has 0 radical (unpaired) electrons. The maximum Gasteiger partial charge on any atom is 0.269 e. The highest BCUT2D eigenvalue weighted by atomic mass is 32.2. The molecule has 1 aliphatic rings. The van der Waals surface area contributed by atoms with Crippen LogP contribution in [-0.2, 0) is 11.4 Å². The van der Waals surface area contributed by atoms with Crippen molar-refractivity contribution < 1.29 is 19.2 Å². The number of non-ortho nitro benzene ring substituents is 1. The van der Waals surface area contributed by atoms with Crippen LogP contribution < -0.4 is 20.1 Å². The van der Waals surface area contributed by atoms with Crippen molar-refractivity contribution >= 4 is 35.1 Å². The van der Waals surface area contributed by atoms with Crippen LogP contribution in [0.15, 0.2) is 71.6 Å². The molecule has 0 aromatic heterocycles. The molecule has 4 rings (SSSR count). The maximum absolute atomic E-state index is 12.5. The number of hydrogen-bond donors (Lipinski definition) is 2. The van der Waals surface area contributed by atoms with E-state index in [0.717, 1.165) is 22.4 Å². The average molecular weight is 478 g/mol. The molecule has 1 saturated heterocycles. The summed E-state index contributed by atoms with van der Waals surface area (Å²) in [6.07, 6.45) is 1.83. The SMILES string of the molecule is COc1ccc(C)cc1NC1NC(=O)/C(=C/c2ccc(OCc3ccc([N+](=O)[O-])cc3)cc2)S1. The van der Waals surface area contributed by atoms with E-state index in [1.807, 2.05) is 55.5 Å². The third-order valence-corrected chi connectivity index (χ3v) is 6.13. The van der Waals surface area contributed by atoms with Crippen molar-refractivity contribution in [2.24, 2.45) is 0 Å². The number of nitro benzene ring substituents is 1. The van der Waals surface area contributed by atoms with Crippen molar-refractivity contribution in [2.75, 3.05) is 12.4 Å². The van der Waals surface area contributed by atoms with Crippen LogP contribution in [0.1, 0.15) is 16.7 Å². The lowest BCUT2D eigenvalue weighted by Crippen LogP contribution is -2.31. The largest absolute Gasteiger partial charge is 0.495 e. The predicted molar refractivity (Wildman–Crippen MR) is 133 cm³/mol. The summed E-state index contributed by atoms with van der Waals surface area (Å²) in [4.78, 5) is 23.4. The van der Waals surface area contributed by atoms with Gasteiger partial charge in [-0.3, -0.25) is 14.9 Å². The van der Waals surface area contributed by atoms with Crippen LogP contribution in [0.5, 0.6) is 11.5 Å². The van der Waals surface area contributed by atoms with Crippen LogP contribution in [0.4, 0.5) is 11.4 Å². The number of amides is 1. The first kappa shape index (κ1) is 23.2. The van der Waals surface area contributed by atoms with Crippen molar-refractivity contribution in [3.05, 3.63) is 98.4 Å². The molecule has 1 fully saturated rings. The van der Waals surface area contributed by atoms with Gasteiger partial charge in [-0.2, -0.15) is 0 Å². The van der Waals surface area contributed by atoms with E-state index in [2.05, 4.69) is 10.6 Å². The van der Waals surface area contributed by atoms with Crippen LogP contribution >= 0.6 is 11.8 Å². The summed E-state index contributed by atoms with van der Waals surface area (Å²) in [6, 6.07) is 19.5. The highest BCUT2D eigenvalue weighted by Gasteiger charge is 2.27. The number of carbonyl (C=O) groups is 1. The van der Waals surface area contributed by atoms with Gasteiger partial charge in [-0.1, -0.05) is 30.0 Å². The van der Waals surface area contributed by atoms with Crippen LogP contribution in [0, 0.1) is 17.0 Å². The number of anilines is 1. The summed E-state index contributed by atoms with van der Waals surface area (Å²) in [7, 11) is 1.61. The van der Waals surface area contributed by atoms with E-state index in [0.29, 0.717) is 23.0 Å². The first-order valence-corrected chi connectivity index (χ1v) is 11.4. The summed E-state index contributed by atoms with van der Waals surface area (Å²) < 4.78 is 11.2. The van der Waals surface area contributed by atoms with Crippen molar-refractivity contribution in [3.63, 3.8) is 0 Å². The van der Waals surface area contributed by atoms with E-state index >= 15 is 0 Å². The number of methoxy groups -OCH3 is 1. The van der Waals surface area contributed by atoms with Gasteiger partial charge in [0.05, 0.1) is 22.6 Å². The zero-order valence-corrected chi connectivity index (χ0v) is 19.4. The van der Waals surface area contributed by atoms with Gasteiger partial charge in [-0.15, -0.1) is 0 Å². The fourth-order valence-corrected chi connectivity index (χ4v) is 4.31. The Balaban J connectivity index is 1.36. The molecule has 3 aromatic carbocycles. The minimum atomic E-state index is -0.432. The van der Waals surface area contributed by atoms with Crippen LogP contribution in [0.2, 0.25) is 0 Å². The number of rotatable bonds is 8.